The van der Waals surface area contributed by atoms with Crippen LogP contribution in [0.3, 0.4) is 0 Å². The van der Waals surface area contributed by atoms with E-state index in [1.165, 1.54) is 16.9 Å². The van der Waals surface area contributed by atoms with Crippen LogP contribution in [0.4, 0.5) is 5.13 Å². The summed E-state index contributed by atoms with van der Waals surface area (Å²) in [5.41, 5.74) is 2.23. The number of amides is 1. The van der Waals surface area contributed by atoms with Crippen molar-refractivity contribution in [1.29, 1.82) is 0 Å². The predicted molar refractivity (Wildman–Crippen MR) is 78.2 cm³/mol. The van der Waals surface area contributed by atoms with E-state index < -0.39 is 0 Å². The molecule has 0 saturated carbocycles. The lowest BCUT2D eigenvalue weighted by Crippen LogP contribution is -2.13. The number of carbonyl (C=O) groups is 1. The molecule has 0 radical (unpaired) electrons. The maximum Gasteiger partial charge on any atom is 0.226 e. The highest BCUT2D eigenvalue weighted by atomic mass is 32.1. The summed E-state index contributed by atoms with van der Waals surface area (Å²) in [6, 6.07) is 8.09. The fraction of sp³-hybridized carbons (Fsp3) is 0.357. The third-order valence-corrected chi connectivity index (χ3v) is 3.45. The zero-order valence-corrected chi connectivity index (χ0v) is 12.1. The van der Waals surface area contributed by atoms with Gasteiger partial charge in [0.25, 0.3) is 0 Å². The van der Waals surface area contributed by atoms with E-state index in [2.05, 4.69) is 15.5 Å². The monoisotopic (exact) mass is 275 g/mol. The second-order valence-electron chi connectivity index (χ2n) is 4.92. The molecule has 1 aromatic heterocycles. The molecular weight excluding hydrogens is 258 g/mol. The van der Waals surface area contributed by atoms with Gasteiger partial charge in [0.2, 0.25) is 11.0 Å². The van der Waals surface area contributed by atoms with Crippen LogP contribution in [0.15, 0.2) is 24.3 Å². The molecular formula is C14H17N3OS. The number of anilines is 1. The van der Waals surface area contributed by atoms with Crippen LogP contribution in [-0.2, 0) is 4.79 Å². The zero-order valence-electron chi connectivity index (χ0n) is 11.3. The number of benzene rings is 1. The van der Waals surface area contributed by atoms with E-state index in [1.54, 1.807) is 0 Å². The SMILES string of the molecule is Cc1ccc(-c2nnc(NC(=O)CC(C)C)s2)cc1. The van der Waals surface area contributed by atoms with Crippen molar-refractivity contribution in [3.05, 3.63) is 29.8 Å². The van der Waals surface area contributed by atoms with Gasteiger partial charge in [-0.1, -0.05) is 55.0 Å². The van der Waals surface area contributed by atoms with Crippen molar-refractivity contribution in [2.75, 3.05) is 5.32 Å². The molecule has 5 heteroatoms. The molecule has 4 nitrogen and oxygen atoms in total. The van der Waals surface area contributed by atoms with E-state index in [4.69, 9.17) is 0 Å². The van der Waals surface area contributed by atoms with E-state index >= 15 is 0 Å². The average Bonchev–Trinajstić information content (AvgIpc) is 2.77. The van der Waals surface area contributed by atoms with Crippen LogP contribution >= 0.6 is 11.3 Å². The Balaban J connectivity index is 2.07. The normalized spacial score (nSPS) is 10.7. The molecule has 1 amide bonds. The number of nitrogens with zero attached hydrogens (tertiary/aromatic N) is 2. The maximum atomic E-state index is 11.6. The standard InChI is InChI=1S/C14H17N3OS/c1-9(2)8-12(18)15-14-17-16-13(19-14)11-6-4-10(3)5-7-11/h4-7,9H,8H2,1-3H3,(H,15,17,18). The second kappa shape index (κ2) is 5.93. The molecule has 2 rings (SSSR count). The summed E-state index contributed by atoms with van der Waals surface area (Å²) >= 11 is 1.39. The molecule has 0 unspecified atom stereocenters. The molecule has 0 aliphatic heterocycles. The third kappa shape index (κ3) is 3.86. The quantitative estimate of drug-likeness (QED) is 0.929. The van der Waals surface area contributed by atoms with Crippen molar-refractivity contribution in [1.82, 2.24) is 10.2 Å². The summed E-state index contributed by atoms with van der Waals surface area (Å²) in [7, 11) is 0. The summed E-state index contributed by atoms with van der Waals surface area (Å²) < 4.78 is 0. The van der Waals surface area contributed by atoms with Crippen molar-refractivity contribution < 1.29 is 4.79 Å². The van der Waals surface area contributed by atoms with Gasteiger partial charge in [-0.3, -0.25) is 4.79 Å². The number of rotatable bonds is 4. The van der Waals surface area contributed by atoms with Crippen LogP contribution in [-0.4, -0.2) is 16.1 Å². The highest BCUT2D eigenvalue weighted by molar-refractivity contribution is 7.18. The predicted octanol–water partition coefficient (Wildman–Crippen LogP) is 3.50. The summed E-state index contributed by atoms with van der Waals surface area (Å²) in [4.78, 5) is 11.6. The summed E-state index contributed by atoms with van der Waals surface area (Å²) in [5, 5.41) is 12.3. The second-order valence-corrected chi connectivity index (χ2v) is 5.90. The molecule has 2 aromatic rings. The minimum Gasteiger partial charge on any atom is -0.301 e. The van der Waals surface area contributed by atoms with Gasteiger partial charge in [0.05, 0.1) is 0 Å². The van der Waals surface area contributed by atoms with E-state index in [1.807, 2.05) is 45.0 Å². The molecule has 0 atom stereocenters. The maximum absolute atomic E-state index is 11.6. The first kappa shape index (κ1) is 13.7. The molecule has 1 N–H and O–H groups in total. The molecule has 0 bridgehead atoms. The lowest BCUT2D eigenvalue weighted by atomic mass is 10.1. The van der Waals surface area contributed by atoms with Crippen molar-refractivity contribution in [3.8, 4) is 10.6 Å². The minimum absolute atomic E-state index is 0.0124. The van der Waals surface area contributed by atoms with Gasteiger partial charge in [0.15, 0.2) is 0 Å². The highest BCUT2D eigenvalue weighted by Gasteiger charge is 2.10. The zero-order chi connectivity index (χ0) is 13.8. The molecule has 100 valence electrons. The van der Waals surface area contributed by atoms with Gasteiger partial charge >= 0.3 is 0 Å². The topological polar surface area (TPSA) is 54.9 Å². The molecule has 0 fully saturated rings. The van der Waals surface area contributed by atoms with E-state index in [-0.39, 0.29) is 5.91 Å². The van der Waals surface area contributed by atoms with Gasteiger partial charge in [-0.05, 0) is 12.8 Å². The Hall–Kier alpha value is -1.75. The van der Waals surface area contributed by atoms with Crippen LogP contribution < -0.4 is 5.32 Å². The number of nitrogens with one attached hydrogen (secondary N) is 1. The number of aryl methyl sites for hydroxylation is 1. The van der Waals surface area contributed by atoms with E-state index in [9.17, 15) is 4.79 Å². The molecule has 1 heterocycles. The van der Waals surface area contributed by atoms with Crippen molar-refractivity contribution in [2.24, 2.45) is 5.92 Å². The Morgan fingerprint density at radius 1 is 1.26 bits per heavy atom. The molecule has 0 aliphatic rings. The fourth-order valence-electron chi connectivity index (χ4n) is 1.63. The number of carbonyl (C=O) groups excluding carboxylic acids is 1. The Morgan fingerprint density at radius 2 is 1.95 bits per heavy atom. The van der Waals surface area contributed by atoms with Crippen LogP contribution in [0, 0.1) is 12.8 Å². The third-order valence-electron chi connectivity index (χ3n) is 2.56. The Bertz CT molecular complexity index is 560. The molecule has 0 saturated heterocycles. The fourth-order valence-corrected chi connectivity index (χ4v) is 2.39. The summed E-state index contributed by atoms with van der Waals surface area (Å²) in [6.45, 7) is 6.07. The lowest BCUT2D eigenvalue weighted by molar-refractivity contribution is -0.116. The minimum atomic E-state index is -0.0124. The van der Waals surface area contributed by atoms with Crippen molar-refractivity contribution >= 4 is 22.4 Å². The van der Waals surface area contributed by atoms with Crippen LogP contribution in [0.25, 0.3) is 10.6 Å². The first-order valence-corrected chi connectivity index (χ1v) is 7.06. The van der Waals surface area contributed by atoms with Crippen LogP contribution in [0.2, 0.25) is 0 Å². The molecule has 0 spiro atoms. The smallest absolute Gasteiger partial charge is 0.226 e. The van der Waals surface area contributed by atoms with Crippen LogP contribution in [0.1, 0.15) is 25.8 Å². The number of hydrogen-bond donors (Lipinski definition) is 1. The largest absolute Gasteiger partial charge is 0.301 e. The van der Waals surface area contributed by atoms with Crippen LogP contribution in [0.5, 0.6) is 0 Å². The first-order valence-electron chi connectivity index (χ1n) is 6.25. The summed E-state index contributed by atoms with van der Waals surface area (Å²) in [5.74, 6) is 0.325. The molecule has 19 heavy (non-hydrogen) atoms. The molecule has 1 aromatic carbocycles. The first-order chi connectivity index (χ1) is 9.04. The molecule has 0 aliphatic carbocycles. The van der Waals surface area contributed by atoms with Gasteiger partial charge < -0.3 is 5.32 Å². The Kier molecular flexibility index (Phi) is 4.27. The van der Waals surface area contributed by atoms with E-state index in [0.717, 1.165) is 10.6 Å². The lowest BCUT2D eigenvalue weighted by Gasteiger charge is -2.02. The van der Waals surface area contributed by atoms with Crippen molar-refractivity contribution in [3.63, 3.8) is 0 Å². The highest BCUT2D eigenvalue weighted by Crippen LogP contribution is 2.26. The van der Waals surface area contributed by atoms with Gasteiger partial charge in [-0.25, -0.2) is 0 Å². The average molecular weight is 275 g/mol. The Labute approximate surface area is 116 Å². The van der Waals surface area contributed by atoms with Gasteiger partial charge in [-0.2, -0.15) is 0 Å². The number of aromatic nitrogens is 2. The van der Waals surface area contributed by atoms with Crippen molar-refractivity contribution in [2.45, 2.75) is 27.2 Å². The van der Waals surface area contributed by atoms with E-state index in [0.29, 0.717) is 17.5 Å². The summed E-state index contributed by atoms with van der Waals surface area (Å²) in [6.07, 6.45) is 0.499. The van der Waals surface area contributed by atoms with Gasteiger partial charge in [0.1, 0.15) is 5.01 Å². The Morgan fingerprint density at radius 3 is 2.58 bits per heavy atom. The number of hydrogen-bond acceptors (Lipinski definition) is 4. The van der Waals surface area contributed by atoms with Gasteiger partial charge in [-0.15, -0.1) is 10.2 Å². The van der Waals surface area contributed by atoms with Gasteiger partial charge in [0, 0.05) is 12.0 Å².